The molecule has 0 radical (unpaired) electrons. The second kappa shape index (κ2) is 27.9. The fourth-order valence-corrected chi connectivity index (χ4v) is 12.6. The summed E-state index contributed by atoms with van der Waals surface area (Å²) in [5.74, 6) is -2.67. The van der Waals surface area contributed by atoms with Crippen molar-refractivity contribution in [1.29, 1.82) is 0 Å². The molecule has 2 aromatic heterocycles. The second-order valence-electron chi connectivity index (χ2n) is 26.4. The lowest BCUT2D eigenvalue weighted by atomic mass is 9.70. The summed E-state index contributed by atoms with van der Waals surface area (Å²) in [5, 5.41) is 16.4. The first-order valence-corrected chi connectivity index (χ1v) is 31.9. The molecule has 6 N–H and O–H groups in total. The molecule has 10 rings (SSSR count). The number of nitrogens with zero attached hydrogens (tertiary/aromatic N) is 4. The molecule has 6 aliphatic rings. The zero-order chi connectivity index (χ0) is 63.2. The highest BCUT2D eigenvalue weighted by molar-refractivity contribution is 5.94. The number of ether oxygens (including phenoxy) is 2. The normalized spacial score (nSPS) is 31.5. The van der Waals surface area contributed by atoms with Crippen LogP contribution in [0.1, 0.15) is 181 Å². The van der Waals surface area contributed by atoms with Crippen molar-refractivity contribution < 1.29 is 47.8 Å². The molecule has 8 atom stereocenters. The molecule has 4 fully saturated rings. The number of benzene rings is 2. The summed E-state index contributed by atoms with van der Waals surface area (Å²) < 4.78 is 12.0. The van der Waals surface area contributed by atoms with Crippen LogP contribution in [-0.2, 0) is 47.8 Å². The van der Waals surface area contributed by atoms with Crippen LogP contribution in [0.5, 0.6) is 0 Å². The SMILES string of the molecule is CC1CCC2(/C=C/c3ccc4ccc(nc4c3)[C@@H](C)NC(=O)[C@@H]3CCCN(N3)C(=O)[C@H](C)NC(=O)[C@H](C(C)C)OC2=O)CC1.CC1CCC2(/C=C/c3ccc4ccc(nc4c3)[C@@H](C)NC(=O)[C@@H]3CCCN(N3)C(=O)[C@H](C)NC(=O)[C@H](C(C)C)OC2=O)CC1. The Morgan fingerprint density at radius 2 is 0.818 bits per heavy atom. The predicted molar refractivity (Wildman–Crippen MR) is 335 cm³/mol. The number of cyclic esters (lactones) is 2. The second-order valence-corrected chi connectivity index (χ2v) is 26.4. The molecule has 2 aliphatic carbocycles. The van der Waals surface area contributed by atoms with Gasteiger partial charge in [0.25, 0.3) is 23.6 Å². The van der Waals surface area contributed by atoms with Gasteiger partial charge in [-0.1, -0.05) is 102 Å². The number of rotatable bonds is 2. The van der Waals surface area contributed by atoms with Gasteiger partial charge in [0.1, 0.15) is 24.2 Å². The topological polar surface area (TPSA) is 259 Å². The van der Waals surface area contributed by atoms with Gasteiger partial charge in [-0.25, -0.2) is 10.9 Å². The van der Waals surface area contributed by atoms with Crippen LogP contribution in [0, 0.1) is 34.5 Å². The number of nitrogens with one attached hydrogen (secondary N) is 6. The molecular formula is C68H90N10O10. The van der Waals surface area contributed by atoms with Crippen molar-refractivity contribution in [1.82, 2.24) is 52.1 Å². The van der Waals surface area contributed by atoms with Crippen LogP contribution in [0.25, 0.3) is 34.0 Å². The summed E-state index contributed by atoms with van der Waals surface area (Å²) >= 11 is 0. The van der Waals surface area contributed by atoms with E-state index in [1.165, 1.54) is 10.0 Å². The largest absolute Gasteiger partial charge is 0.451 e. The molecule has 20 nitrogen and oxygen atoms in total. The van der Waals surface area contributed by atoms with E-state index in [0.29, 0.717) is 76.3 Å². The minimum absolute atomic E-state index is 0.227. The van der Waals surface area contributed by atoms with E-state index in [1.807, 2.05) is 127 Å². The van der Waals surface area contributed by atoms with Crippen LogP contribution in [-0.4, -0.2) is 117 Å². The molecule has 6 heterocycles. The van der Waals surface area contributed by atoms with Crippen LogP contribution in [0.2, 0.25) is 0 Å². The van der Waals surface area contributed by atoms with Crippen molar-refractivity contribution in [3.8, 4) is 0 Å². The average molecular weight is 1210 g/mol. The lowest BCUT2D eigenvalue weighted by Gasteiger charge is -2.37. The maximum Gasteiger partial charge on any atom is 0.316 e. The van der Waals surface area contributed by atoms with E-state index in [9.17, 15) is 38.4 Å². The number of fused-ring (bicyclic) bond motifs is 8. The van der Waals surface area contributed by atoms with Gasteiger partial charge in [0, 0.05) is 23.9 Å². The highest BCUT2D eigenvalue weighted by Crippen LogP contribution is 2.44. The Hall–Kier alpha value is -7.58. The Balaban J connectivity index is 0.000000209. The van der Waals surface area contributed by atoms with E-state index in [1.54, 1.807) is 13.8 Å². The zero-order valence-electron chi connectivity index (χ0n) is 52.8. The molecule has 6 amide bonds. The van der Waals surface area contributed by atoms with Gasteiger partial charge in [-0.3, -0.25) is 58.3 Å². The van der Waals surface area contributed by atoms with E-state index in [2.05, 4.69) is 46.0 Å². The van der Waals surface area contributed by atoms with Crippen molar-refractivity contribution in [2.45, 2.75) is 195 Å². The summed E-state index contributed by atoms with van der Waals surface area (Å²) in [6.07, 6.45) is 14.0. The van der Waals surface area contributed by atoms with Gasteiger partial charge in [-0.2, -0.15) is 0 Å². The van der Waals surface area contributed by atoms with Gasteiger partial charge in [-0.15, -0.1) is 0 Å². The van der Waals surface area contributed by atoms with Gasteiger partial charge in [0.05, 0.1) is 45.3 Å². The molecule has 4 aliphatic heterocycles. The third kappa shape index (κ3) is 15.1. The number of carbonyl (C=O) groups excluding carboxylic acids is 8. The third-order valence-corrected chi connectivity index (χ3v) is 18.6. The quantitative estimate of drug-likeness (QED) is 0.103. The Morgan fingerprint density at radius 1 is 0.466 bits per heavy atom. The summed E-state index contributed by atoms with van der Waals surface area (Å²) in [5.41, 5.74) is 9.17. The Morgan fingerprint density at radius 3 is 1.18 bits per heavy atom. The summed E-state index contributed by atoms with van der Waals surface area (Å²) in [6, 6.07) is 16.0. The van der Waals surface area contributed by atoms with Crippen molar-refractivity contribution in [3.63, 3.8) is 0 Å². The van der Waals surface area contributed by atoms with E-state index < -0.39 is 71.0 Å². The minimum Gasteiger partial charge on any atom is -0.451 e. The Labute approximate surface area is 516 Å². The number of hydrogen-bond donors (Lipinski definition) is 6. The number of esters is 2. The zero-order valence-corrected chi connectivity index (χ0v) is 52.8. The van der Waals surface area contributed by atoms with Gasteiger partial charge in [0.2, 0.25) is 11.8 Å². The fourth-order valence-electron chi connectivity index (χ4n) is 12.6. The fraction of sp³-hybridized carbons (Fsp3) is 0.559. The van der Waals surface area contributed by atoms with Crippen LogP contribution < -0.4 is 32.1 Å². The van der Waals surface area contributed by atoms with E-state index in [-0.39, 0.29) is 47.5 Å². The molecule has 20 heteroatoms. The number of hydrazine groups is 2. The first kappa shape index (κ1) is 64.9. The molecule has 2 saturated heterocycles. The lowest BCUT2D eigenvalue weighted by Crippen LogP contribution is -2.61. The predicted octanol–water partition coefficient (Wildman–Crippen LogP) is 8.41. The molecule has 88 heavy (non-hydrogen) atoms. The van der Waals surface area contributed by atoms with Crippen LogP contribution in [0.3, 0.4) is 0 Å². The maximum absolute atomic E-state index is 14.0. The summed E-state index contributed by atoms with van der Waals surface area (Å²) in [6.45, 7) is 19.5. The molecular weight excluding hydrogens is 1120 g/mol. The first-order valence-electron chi connectivity index (χ1n) is 31.9. The Bertz CT molecular complexity index is 3110. The number of hydrogen-bond acceptors (Lipinski definition) is 14. The van der Waals surface area contributed by atoms with Crippen LogP contribution in [0.4, 0.5) is 0 Å². The van der Waals surface area contributed by atoms with Crippen molar-refractivity contribution in [2.24, 2.45) is 34.5 Å². The van der Waals surface area contributed by atoms with Gasteiger partial charge >= 0.3 is 11.9 Å². The Kier molecular flexibility index (Phi) is 20.5. The van der Waals surface area contributed by atoms with E-state index in [0.717, 1.165) is 70.0 Å². The van der Waals surface area contributed by atoms with Crippen LogP contribution >= 0.6 is 0 Å². The van der Waals surface area contributed by atoms with E-state index >= 15 is 0 Å². The number of aromatic nitrogens is 2. The molecule has 10 bridgehead atoms. The monoisotopic (exact) mass is 1210 g/mol. The molecule has 4 aromatic rings. The van der Waals surface area contributed by atoms with Crippen molar-refractivity contribution >= 4 is 81.3 Å². The number of pyridine rings is 2. The lowest BCUT2D eigenvalue weighted by molar-refractivity contribution is -0.168. The number of amides is 6. The highest BCUT2D eigenvalue weighted by Gasteiger charge is 2.45. The molecule has 2 aromatic carbocycles. The number of carbonyl (C=O) groups is 8. The van der Waals surface area contributed by atoms with Crippen molar-refractivity contribution in [3.05, 3.63) is 95.3 Å². The van der Waals surface area contributed by atoms with Gasteiger partial charge in [0.15, 0.2) is 12.2 Å². The van der Waals surface area contributed by atoms with Crippen molar-refractivity contribution in [2.75, 3.05) is 13.1 Å². The highest BCUT2D eigenvalue weighted by atomic mass is 16.6. The molecule has 0 unspecified atom stereocenters. The standard InChI is InChI=1S/2C34H45N5O5/c2*1-20(2)29-31(41)36-23(5)32(42)39-18-6-7-27(38-39)30(40)35-22(4)26-11-10-25-9-8-24(19-28(25)37-26)14-17-34(33(43)44-29)15-12-21(3)13-16-34/h2*8-11,14,17,19-23,27,29,38H,6-7,12-13,15-16,18H2,1-5H3,(H,35,40)(H,36,41)/b2*17-14+/t2*21?,22-,23+,27+,29+,34?/m11/s1. The molecule has 2 spiro atoms. The first-order chi connectivity index (χ1) is 41.9. The van der Waals surface area contributed by atoms with E-state index in [4.69, 9.17) is 19.4 Å². The molecule has 2 saturated carbocycles. The van der Waals surface area contributed by atoms with Gasteiger partial charge in [-0.05, 0) is 164 Å². The summed E-state index contributed by atoms with van der Waals surface area (Å²) in [7, 11) is 0. The average Bonchev–Trinajstić information content (AvgIpc) is 3.04. The van der Waals surface area contributed by atoms with Gasteiger partial charge < -0.3 is 30.7 Å². The maximum atomic E-state index is 14.0. The minimum atomic E-state index is -1.06. The third-order valence-electron chi connectivity index (χ3n) is 18.6. The molecule has 472 valence electrons. The van der Waals surface area contributed by atoms with Crippen LogP contribution in [0.15, 0.2) is 72.8 Å². The smallest absolute Gasteiger partial charge is 0.316 e. The summed E-state index contributed by atoms with van der Waals surface area (Å²) in [4.78, 5) is 118.